The highest BCUT2D eigenvalue weighted by Gasteiger charge is 2.41. The van der Waals surface area contributed by atoms with Crippen molar-refractivity contribution >= 4 is 17.9 Å². The molecule has 63 heavy (non-hydrogen) atoms. The van der Waals surface area contributed by atoms with Crippen molar-refractivity contribution in [2.24, 2.45) is 5.41 Å². The van der Waals surface area contributed by atoms with Crippen molar-refractivity contribution in [2.45, 2.75) is 290 Å². The van der Waals surface area contributed by atoms with Gasteiger partial charge in [-0.05, 0) is 19.3 Å². The van der Waals surface area contributed by atoms with Crippen LogP contribution < -0.4 is 0 Å². The van der Waals surface area contributed by atoms with Crippen molar-refractivity contribution in [2.75, 3.05) is 47.5 Å². The van der Waals surface area contributed by atoms with Gasteiger partial charge in [0, 0.05) is 19.3 Å². The molecule has 0 radical (unpaired) electrons. The third-order valence-electron chi connectivity index (χ3n) is 12.9. The van der Waals surface area contributed by atoms with Gasteiger partial charge in [0.2, 0.25) is 0 Å². The number of nitrogens with zero attached hydrogens (tertiary/aromatic N) is 1. The molecule has 0 aliphatic rings. The maximum atomic E-state index is 13.1. The maximum Gasteiger partial charge on any atom is 0.305 e. The molecule has 0 amide bonds. The van der Waals surface area contributed by atoms with Gasteiger partial charge in [-0.25, -0.2) is 0 Å². The maximum absolute atomic E-state index is 13.1. The van der Waals surface area contributed by atoms with Crippen molar-refractivity contribution in [3.63, 3.8) is 0 Å². The Balaban J connectivity index is 4.90. The monoisotopic (exact) mass is 893 g/mol. The minimum atomic E-state index is -0.818. The fraction of sp³-hybridized carbons (Fsp3) is 0.946. The van der Waals surface area contributed by atoms with Gasteiger partial charge in [-0.2, -0.15) is 0 Å². The second-order valence-electron chi connectivity index (χ2n) is 20.9. The van der Waals surface area contributed by atoms with Gasteiger partial charge in [0.1, 0.15) is 25.2 Å². The van der Waals surface area contributed by atoms with E-state index in [9.17, 15) is 14.4 Å². The Kier molecular flexibility index (Phi) is 44.3. The Morgan fingerprint density at radius 2 is 0.476 bits per heavy atom. The van der Waals surface area contributed by atoms with E-state index in [-0.39, 0.29) is 37.7 Å². The quantitative estimate of drug-likeness (QED) is 0.0262. The molecule has 0 aromatic rings. The van der Waals surface area contributed by atoms with Crippen LogP contribution in [0.1, 0.15) is 290 Å². The molecular weight excluding hydrogens is 783 g/mol. The van der Waals surface area contributed by atoms with E-state index < -0.39 is 5.41 Å². The first kappa shape index (κ1) is 61.4. The van der Waals surface area contributed by atoms with Crippen LogP contribution >= 0.6 is 0 Å². The standard InChI is InChI=1S/C56H110NO6/c1-7-10-13-16-19-22-25-28-31-34-37-40-43-46-53(58)61-50-56(49-57(4,5)6,51-62-54(59)47-44-41-38-35-32-29-26-23-20-17-14-11-8-2)52-63-55(60)48-45-42-39-36-33-30-27-24-21-18-15-12-9-3/h7-52H2,1-6H3/q+1. The summed E-state index contributed by atoms with van der Waals surface area (Å²) in [5.41, 5.74) is -0.818. The summed E-state index contributed by atoms with van der Waals surface area (Å²) in [6, 6.07) is 0. The smallest absolute Gasteiger partial charge is 0.305 e. The first-order valence-corrected chi connectivity index (χ1v) is 27.8. The summed E-state index contributed by atoms with van der Waals surface area (Å²) in [6.07, 6.45) is 50.2. The van der Waals surface area contributed by atoms with Crippen LogP contribution in [0.2, 0.25) is 0 Å². The molecule has 0 aromatic carbocycles. The summed E-state index contributed by atoms with van der Waals surface area (Å²) < 4.78 is 18.4. The summed E-state index contributed by atoms with van der Waals surface area (Å²) in [7, 11) is 6.24. The molecule has 0 aliphatic heterocycles. The van der Waals surface area contributed by atoms with E-state index in [1.54, 1.807) is 0 Å². The van der Waals surface area contributed by atoms with Gasteiger partial charge in [-0.1, -0.05) is 252 Å². The molecule has 0 aliphatic carbocycles. The topological polar surface area (TPSA) is 78.9 Å². The summed E-state index contributed by atoms with van der Waals surface area (Å²) in [5, 5.41) is 0. The van der Waals surface area contributed by atoms with Gasteiger partial charge in [-0.3, -0.25) is 14.4 Å². The highest BCUT2D eigenvalue weighted by Crippen LogP contribution is 2.25. The van der Waals surface area contributed by atoms with Crippen LogP contribution in [0.15, 0.2) is 0 Å². The predicted molar refractivity (Wildman–Crippen MR) is 269 cm³/mol. The van der Waals surface area contributed by atoms with Crippen LogP contribution in [0, 0.1) is 5.41 Å². The fourth-order valence-corrected chi connectivity index (χ4v) is 9.05. The zero-order valence-corrected chi connectivity index (χ0v) is 43.4. The number of hydrogen-bond donors (Lipinski definition) is 0. The van der Waals surface area contributed by atoms with E-state index in [4.69, 9.17) is 14.2 Å². The van der Waals surface area contributed by atoms with Crippen LogP contribution in [-0.4, -0.2) is 69.9 Å². The van der Waals surface area contributed by atoms with Crippen LogP contribution in [-0.2, 0) is 28.6 Å². The number of esters is 3. The van der Waals surface area contributed by atoms with Crippen molar-refractivity contribution < 1.29 is 33.1 Å². The Morgan fingerprint density at radius 1 is 0.302 bits per heavy atom. The SMILES string of the molecule is CCCCCCCCCCCCCCCC(=O)OCC(COC(=O)CCCCCCCCCCCCCCC)(COC(=O)CCCCCCCCCCCCCCC)C[N+](C)(C)C. The van der Waals surface area contributed by atoms with E-state index in [1.165, 1.54) is 193 Å². The molecule has 0 atom stereocenters. The van der Waals surface area contributed by atoms with Crippen LogP contribution in [0.5, 0.6) is 0 Å². The lowest BCUT2D eigenvalue weighted by Crippen LogP contribution is -2.52. The molecule has 0 bridgehead atoms. The van der Waals surface area contributed by atoms with Crippen molar-refractivity contribution in [3.8, 4) is 0 Å². The van der Waals surface area contributed by atoms with Crippen molar-refractivity contribution in [1.29, 1.82) is 0 Å². The normalized spacial score (nSPS) is 11.9. The molecule has 0 saturated heterocycles. The number of unbranched alkanes of at least 4 members (excludes halogenated alkanes) is 36. The van der Waals surface area contributed by atoms with Gasteiger partial charge in [0.25, 0.3) is 0 Å². The molecule has 0 rings (SSSR count). The van der Waals surface area contributed by atoms with Crippen LogP contribution in [0.25, 0.3) is 0 Å². The zero-order chi connectivity index (χ0) is 46.4. The van der Waals surface area contributed by atoms with Crippen molar-refractivity contribution in [1.82, 2.24) is 0 Å². The second kappa shape index (κ2) is 45.5. The highest BCUT2D eigenvalue weighted by atomic mass is 16.6. The number of rotatable bonds is 50. The molecule has 0 heterocycles. The van der Waals surface area contributed by atoms with Gasteiger partial charge in [0.15, 0.2) is 0 Å². The van der Waals surface area contributed by atoms with Crippen molar-refractivity contribution in [3.05, 3.63) is 0 Å². The van der Waals surface area contributed by atoms with E-state index in [1.807, 2.05) is 0 Å². The second-order valence-corrected chi connectivity index (χ2v) is 20.9. The molecule has 374 valence electrons. The van der Waals surface area contributed by atoms with E-state index in [2.05, 4.69) is 41.9 Å². The Morgan fingerprint density at radius 3 is 0.651 bits per heavy atom. The van der Waals surface area contributed by atoms with Gasteiger partial charge in [-0.15, -0.1) is 0 Å². The third-order valence-corrected chi connectivity index (χ3v) is 12.9. The first-order chi connectivity index (χ1) is 30.6. The molecular formula is C56H110NO6+. The van der Waals surface area contributed by atoms with Crippen LogP contribution in [0.3, 0.4) is 0 Å². The molecule has 7 heteroatoms. The number of quaternary nitrogens is 1. The summed E-state index contributed by atoms with van der Waals surface area (Å²) in [6.45, 7) is 7.55. The number of carbonyl (C=O) groups is 3. The number of ether oxygens (including phenoxy) is 3. The lowest BCUT2D eigenvalue weighted by Gasteiger charge is -2.38. The largest absolute Gasteiger partial charge is 0.465 e. The lowest BCUT2D eigenvalue weighted by atomic mass is 9.89. The summed E-state index contributed by atoms with van der Waals surface area (Å²) in [4.78, 5) is 39.3. The summed E-state index contributed by atoms with van der Waals surface area (Å²) in [5.74, 6) is -0.665. The Hall–Kier alpha value is -1.63. The molecule has 0 N–H and O–H groups in total. The molecule has 0 fully saturated rings. The number of carbonyl (C=O) groups excluding carboxylic acids is 3. The average molecular weight is 893 g/mol. The Bertz CT molecular complexity index is 896. The molecule has 0 saturated carbocycles. The lowest BCUT2D eigenvalue weighted by molar-refractivity contribution is -0.877. The van der Waals surface area contributed by atoms with Gasteiger partial charge < -0.3 is 18.7 Å². The fourth-order valence-electron chi connectivity index (χ4n) is 9.05. The Labute approximate surface area is 393 Å². The first-order valence-electron chi connectivity index (χ1n) is 27.8. The summed E-state index contributed by atoms with van der Waals surface area (Å²) >= 11 is 0. The molecule has 0 unspecified atom stereocenters. The van der Waals surface area contributed by atoms with E-state index >= 15 is 0 Å². The van der Waals surface area contributed by atoms with Gasteiger partial charge in [0.05, 0.1) is 27.7 Å². The molecule has 0 aromatic heterocycles. The molecule has 7 nitrogen and oxygen atoms in total. The number of hydrogen-bond acceptors (Lipinski definition) is 6. The van der Waals surface area contributed by atoms with Crippen LogP contribution in [0.4, 0.5) is 0 Å². The van der Waals surface area contributed by atoms with Gasteiger partial charge >= 0.3 is 17.9 Å². The van der Waals surface area contributed by atoms with E-state index in [0.717, 1.165) is 57.8 Å². The minimum Gasteiger partial charge on any atom is -0.465 e. The predicted octanol–water partition coefficient (Wildman–Crippen LogP) is 16.8. The van der Waals surface area contributed by atoms with E-state index in [0.29, 0.717) is 30.3 Å². The average Bonchev–Trinajstić information content (AvgIpc) is 3.25. The highest BCUT2D eigenvalue weighted by molar-refractivity contribution is 5.70. The minimum absolute atomic E-state index is 0.0673. The zero-order valence-electron chi connectivity index (χ0n) is 43.4. The third kappa shape index (κ3) is 45.3. The molecule has 0 spiro atoms.